The van der Waals surface area contributed by atoms with E-state index in [1.165, 1.54) is 0 Å². The molecule has 0 amide bonds. The van der Waals surface area contributed by atoms with E-state index in [0.717, 1.165) is 78.9 Å². The first kappa shape index (κ1) is 33.9. The van der Waals surface area contributed by atoms with Crippen LogP contribution in [-0.2, 0) is 0 Å². The van der Waals surface area contributed by atoms with Crippen LogP contribution in [-0.4, -0.2) is 35.7 Å². The number of phenolic OH excluding ortho intramolecular Hbond substituents is 3. The number of hydrogen-bond donors (Lipinski definition) is 7. The largest absolute Gasteiger partial charge is 0.508 e. The van der Waals surface area contributed by atoms with Gasteiger partial charge in [0.1, 0.15) is 22.7 Å². The highest BCUT2D eigenvalue weighted by molar-refractivity contribution is 6.24. The van der Waals surface area contributed by atoms with Gasteiger partial charge in [0.2, 0.25) is 5.75 Å². The molecule has 6 aromatic carbocycles. The van der Waals surface area contributed by atoms with Crippen molar-refractivity contribution in [2.45, 2.75) is 19.3 Å². The van der Waals surface area contributed by atoms with E-state index in [1.807, 2.05) is 60.7 Å². The van der Waals surface area contributed by atoms with Crippen LogP contribution in [0.15, 0.2) is 131 Å². The van der Waals surface area contributed by atoms with Crippen LogP contribution in [0.1, 0.15) is 47.1 Å². The molecule has 0 fully saturated rings. The number of benzene rings is 6. The monoisotopic (exact) mass is 750 g/mol. The van der Waals surface area contributed by atoms with E-state index < -0.39 is 52.3 Å². The number of aliphatic hydroxyl groups is 4. The van der Waals surface area contributed by atoms with Crippen molar-refractivity contribution in [2.75, 3.05) is 0 Å². The zero-order valence-corrected chi connectivity index (χ0v) is 30.3. The maximum absolute atomic E-state index is 11.7. The van der Waals surface area contributed by atoms with Crippen LogP contribution in [0.3, 0.4) is 0 Å². The molecule has 3 aliphatic carbocycles. The molecule has 0 aliphatic heterocycles. The number of allylic oxidation sites excluding steroid dienone is 8. The molecule has 57 heavy (non-hydrogen) atoms. The lowest BCUT2D eigenvalue weighted by molar-refractivity contribution is 0.321. The quantitative estimate of drug-likeness (QED) is 0.0695. The van der Waals surface area contributed by atoms with Crippen LogP contribution < -0.4 is 0 Å². The summed E-state index contributed by atoms with van der Waals surface area (Å²) in [4.78, 5) is 0. The van der Waals surface area contributed by atoms with Crippen LogP contribution in [0, 0.1) is 0 Å². The van der Waals surface area contributed by atoms with E-state index in [2.05, 4.69) is 66.8 Å². The van der Waals surface area contributed by atoms with Gasteiger partial charge < -0.3 is 40.2 Å². The molecular formula is C49H34O8. The Morgan fingerprint density at radius 1 is 0.474 bits per heavy atom. The van der Waals surface area contributed by atoms with Gasteiger partial charge in [-0.25, -0.2) is 0 Å². The molecule has 0 bridgehead atoms. The van der Waals surface area contributed by atoms with Gasteiger partial charge in [-0.05, 0) is 80.4 Å². The fraction of sp³-hybridized carbons (Fsp3) is 0.0612. The highest BCUT2D eigenvalue weighted by Gasteiger charge is 2.35. The first-order chi connectivity index (χ1) is 27.7. The number of aliphatic hydroxyl groups excluding tert-OH is 4. The second-order valence-electron chi connectivity index (χ2n) is 14.4. The summed E-state index contributed by atoms with van der Waals surface area (Å²) in [6.07, 6.45) is 20.3. The molecule has 8 nitrogen and oxygen atoms in total. The molecule has 7 aromatic rings. The lowest BCUT2D eigenvalue weighted by atomic mass is 9.82. The summed E-state index contributed by atoms with van der Waals surface area (Å²) < 4.78 is 6.65. The lowest BCUT2D eigenvalue weighted by Crippen LogP contribution is -2.01. The highest BCUT2D eigenvalue weighted by Crippen LogP contribution is 2.56. The molecule has 10 rings (SSSR count). The molecule has 0 atom stereocenters. The number of rotatable bonds is 3. The summed E-state index contributed by atoms with van der Waals surface area (Å²) in [6.45, 7) is 0. The summed E-state index contributed by atoms with van der Waals surface area (Å²) in [5.41, 5.74) is 6.91. The molecule has 3 aliphatic rings. The topological polar surface area (TPSA) is 155 Å². The maximum atomic E-state index is 11.7. The Morgan fingerprint density at radius 2 is 1.07 bits per heavy atom. The molecule has 1 heterocycles. The van der Waals surface area contributed by atoms with Crippen LogP contribution >= 0.6 is 0 Å². The molecule has 8 heteroatoms. The Hall–Kier alpha value is -7.58. The van der Waals surface area contributed by atoms with Gasteiger partial charge in [-0.15, -0.1) is 0 Å². The Morgan fingerprint density at radius 3 is 1.77 bits per heavy atom. The Kier molecular flexibility index (Phi) is 7.59. The third kappa shape index (κ3) is 5.00. The zero-order valence-electron chi connectivity index (χ0n) is 30.3. The highest BCUT2D eigenvalue weighted by atomic mass is 16.3. The molecular weight excluding hydrogens is 717 g/mol. The van der Waals surface area contributed by atoms with Gasteiger partial charge in [-0.2, -0.15) is 0 Å². The summed E-state index contributed by atoms with van der Waals surface area (Å²) in [5, 5.41) is 82.3. The average molecular weight is 751 g/mol. The van der Waals surface area contributed by atoms with Gasteiger partial charge in [0.05, 0.1) is 12.0 Å². The molecule has 0 spiro atoms. The van der Waals surface area contributed by atoms with Gasteiger partial charge in [-0.3, -0.25) is 0 Å². The lowest BCUT2D eigenvalue weighted by Gasteiger charge is -2.22. The van der Waals surface area contributed by atoms with Crippen molar-refractivity contribution in [1.82, 2.24) is 0 Å². The second kappa shape index (κ2) is 12.7. The molecule has 0 unspecified atom stereocenters. The molecule has 0 saturated heterocycles. The van der Waals surface area contributed by atoms with Gasteiger partial charge in [0.25, 0.3) is 0 Å². The fourth-order valence-electron chi connectivity index (χ4n) is 8.64. The molecule has 278 valence electrons. The van der Waals surface area contributed by atoms with Crippen molar-refractivity contribution >= 4 is 72.7 Å². The van der Waals surface area contributed by atoms with Gasteiger partial charge in [0.15, 0.2) is 23.0 Å². The first-order valence-electron chi connectivity index (χ1n) is 18.6. The zero-order chi connectivity index (χ0) is 39.1. The van der Waals surface area contributed by atoms with Crippen LogP contribution in [0.5, 0.6) is 17.2 Å². The maximum Gasteiger partial charge on any atom is 0.201 e. The minimum atomic E-state index is -0.975. The van der Waals surface area contributed by atoms with Crippen molar-refractivity contribution in [3.05, 3.63) is 155 Å². The summed E-state index contributed by atoms with van der Waals surface area (Å²) in [6, 6.07) is 23.4. The molecule has 7 N–H and O–H groups in total. The van der Waals surface area contributed by atoms with Gasteiger partial charge >= 0.3 is 0 Å². The van der Waals surface area contributed by atoms with E-state index >= 15 is 0 Å². The van der Waals surface area contributed by atoms with Gasteiger partial charge in [0, 0.05) is 33.0 Å². The van der Waals surface area contributed by atoms with Gasteiger partial charge in [-0.1, -0.05) is 109 Å². The van der Waals surface area contributed by atoms with Crippen molar-refractivity contribution in [3.63, 3.8) is 0 Å². The SMILES string of the molecule is OC1=C(O)c2c(O)c(O)c(O)c(-c3c4ccccc4c(-c4ccc5oc6c7c(c(C8=CC=CCC=C8)cc6c5c4)C=CCC=C7)c4ccccc34)c2C(O)=C(O)C1. The number of phenols is 3. The summed E-state index contributed by atoms with van der Waals surface area (Å²) >= 11 is 0. The summed E-state index contributed by atoms with van der Waals surface area (Å²) in [5.74, 6) is -5.84. The van der Waals surface area contributed by atoms with E-state index in [4.69, 9.17) is 4.42 Å². The minimum absolute atomic E-state index is 0.159. The number of furan rings is 1. The smallest absolute Gasteiger partial charge is 0.201 e. The molecule has 0 saturated carbocycles. The van der Waals surface area contributed by atoms with Crippen LogP contribution in [0.2, 0.25) is 0 Å². The average Bonchev–Trinajstić information content (AvgIpc) is 3.44. The van der Waals surface area contributed by atoms with Crippen molar-refractivity contribution < 1.29 is 40.2 Å². The molecule has 0 radical (unpaired) electrons. The standard InChI is InChI=1S/C49H34O8/c50-36-24-37(51)45(53)43-42(44(36)52)41(46(54)48(56)47(43)55)40-30-17-10-8-15-28(30)39(29-16-9-11-18-31(29)40)26-20-21-38-34(22-26)35-23-33(25-12-4-1-2-5-13-25)27-14-6-3-7-19-32(27)49(35)57-38/h1,4-23,50-56H,2-3,24H2. The van der Waals surface area contributed by atoms with E-state index in [1.54, 1.807) is 0 Å². The predicted octanol–water partition coefficient (Wildman–Crippen LogP) is 12.6. The number of hydrogen-bond acceptors (Lipinski definition) is 8. The van der Waals surface area contributed by atoms with Crippen LogP contribution in [0.4, 0.5) is 0 Å². The Bertz CT molecular complexity index is 3110. The van der Waals surface area contributed by atoms with Crippen molar-refractivity contribution in [3.8, 4) is 39.5 Å². The fourth-order valence-corrected chi connectivity index (χ4v) is 8.64. The Balaban J connectivity index is 1.29. The third-order valence-corrected chi connectivity index (χ3v) is 11.2. The Labute approximate surface area is 325 Å². The third-order valence-electron chi connectivity index (χ3n) is 11.2. The van der Waals surface area contributed by atoms with E-state index in [0.29, 0.717) is 16.3 Å². The molecule has 1 aromatic heterocycles. The minimum Gasteiger partial charge on any atom is -0.508 e. The van der Waals surface area contributed by atoms with E-state index in [9.17, 15) is 35.7 Å². The normalized spacial score (nSPS) is 15.3. The second-order valence-corrected chi connectivity index (χ2v) is 14.4. The first-order valence-corrected chi connectivity index (χ1v) is 18.6. The number of aromatic hydroxyl groups is 3. The predicted molar refractivity (Wildman–Crippen MR) is 227 cm³/mol. The van der Waals surface area contributed by atoms with Crippen molar-refractivity contribution in [1.29, 1.82) is 0 Å². The van der Waals surface area contributed by atoms with Crippen molar-refractivity contribution in [2.24, 2.45) is 0 Å². The summed E-state index contributed by atoms with van der Waals surface area (Å²) in [7, 11) is 0. The van der Waals surface area contributed by atoms with E-state index in [-0.39, 0.29) is 11.1 Å². The van der Waals surface area contributed by atoms with Crippen LogP contribution in [0.25, 0.3) is 95.0 Å². The number of fused-ring (bicyclic) bond motifs is 8.